The summed E-state index contributed by atoms with van der Waals surface area (Å²) in [5, 5.41) is 2.16. The van der Waals surface area contributed by atoms with E-state index in [0.717, 1.165) is 24.6 Å². The third-order valence-electron chi connectivity index (χ3n) is 2.42. The van der Waals surface area contributed by atoms with E-state index in [-0.39, 0.29) is 0 Å². The van der Waals surface area contributed by atoms with E-state index in [2.05, 4.69) is 39.3 Å². The minimum Gasteiger partial charge on any atom is -0.463 e. The minimum absolute atomic E-state index is 0.460. The Morgan fingerprint density at radius 1 is 1.35 bits per heavy atom. The van der Waals surface area contributed by atoms with E-state index in [9.17, 15) is 0 Å². The lowest BCUT2D eigenvalue weighted by Gasteiger charge is -2.13. The summed E-state index contributed by atoms with van der Waals surface area (Å²) in [6.07, 6.45) is 0. The molecule has 0 aromatic carbocycles. The van der Waals surface area contributed by atoms with Crippen molar-refractivity contribution in [2.75, 3.05) is 7.05 Å². The SMILES string of the molecule is CN(Cc1csc(Br)c1)Cc1ccc(CN)o1. The molecule has 2 aromatic rings. The Hall–Kier alpha value is -0.620. The average Bonchev–Trinajstić information content (AvgIpc) is 2.88. The van der Waals surface area contributed by atoms with Crippen LogP contribution in [0.2, 0.25) is 0 Å². The smallest absolute Gasteiger partial charge is 0.118 e. The second-order valence-corrected chi connectivity index (χ2v) is 6.29. The quantitative estimate of drug-likeness (QED) is 0.921. The summed E-state index contributed by atoms with van der Waals surface area (Å²) in [5.41, 5.74) is 6.82. The average molecular weight is 315 g/mol. The molecule has 0 amide bonds. The molecule has 0 aliphatic carbocycles. The van der Waals surface area contributed by atoms with E-state index in [1.54, 1.807) is 11.3 Å². The number of thiophene rings is 1. The van der Waals surface area contributed by atoms with Crippen LogP contribution in [0.15, 0.2) is 31.8 Å². The zero-order chi connectivity index (χ0) is 12.3. The first-order chi connectivity index (χ1) is 8.17. The number of hydrogen-bond acceptors (Lipinski definition) is 4. The number of rotatable bonds is 5. The molecule has 2 heterocycles. The number of furan rings is 1. The van der Waals surface area contributed by atoms with Crippen molar-refractivity contribution < 1.29 is 4.42 Å². The van der Waals surface area contributed by atoms with Crippen molar-refractivity contribution in [2.45, 2.75) is 19.6 Å². The van der Waals surface area contributed by atoms with Crippen LogP contribution in [-0.2, 0) is 19.6 Å². The van der Waals surface area contributed by atoms with Gasteiger partial charge in [-0.2, -0.15) is 0 Å². The molecule has 92 valence electrons. The van der Waals surface area contributed by atoms with Gasteiger partial charge in [-0.05, 0) is 52.1 Å². The van der Waals surface area contributed by atoms with Crippen LogP contribution in [-0.4, -0.2) is 11.9 Å². The first-order valence-corrected chi connectivity index (χ1v) is 7.03. The molecular weight excluding hydrogens is 300 g/mol. The maximum atomic E-state index is 5.57. The van der Waals surface area contributed by atoms with Crippen LogP contribution in [0.1, 0.15) is 17.1 Å². The van der Waals surface area contributed by atoms with Gasteiger partial charge in [0, 0.05) is 6.54 Å². The molecule has 2 N–H and O–H groups in total. The van der Waals surface area contributed by atoms with E-state index in [0.29, 0.717) is 6.54 Å². The molecule has 0 spiro atoms. The summed E-state index contributed by atoms with van der Waals surface area (Å²) in [6.45, 7) is 2.18. The van der Waals surface area contributed by atoms with E-state index in [1.165, 1.54) is 9.35 Å². The van der Waals surface area contributed by atoms with Crippen LogP contribution in [0, 0.1) is 0 Å². The third kappa shape index (κ3) is 3.67. The number of nitrogens with two attached hydrogens (primary N) is 1. The van der Waals surface area contributed by atoms with Gasteiger partial charge in [0.05, 0.1) is 16.9 Å². The predicted molar refractivity (Wildman–Crippen MR) is 73.8 cm³/mol. The highest BCUT2D eigenvalue weighted by Crippen LogP contribution is 2.22. The molecule has 2 rings (SSSR count). The van der Waals surface area contributed by atoms with Gasteiger partial charge in [0.2, 0.25) is 0 Å². The van der Waals surface area contributed by atoms with E-state index in [1.807, 2.05) is 12.1 Å². The summed E-state index contributed by atoms with van der Waals surface area (Å²) in [6, 6.07) is 6.07. The predicted octanol–water partition coefficient (Wildman–Crippen LogP) is 3.19. The molecule has 5 heteroatoms. The van der Waals surface area contributed by atoms with Crippen molar-refractivity contribution in [2.24, 2.45) is 5.73 Å². The molecule has 0 fully saturated rings. The Labute approximate surface area is 113 Å². The van der Waals surface area contributed by atoms with Gasteiger partial charge in [0.15, 0.2) is 0 Å². The largest absolute Gasteiger partial charge is 0.463 e. The summed E-state index contributed by atoms with van der Waals surface area (Å²) in [4.78, 5) is 2.22. The van der Waals surface area contributed by atoms with Gasteiger partial charge in [0.25, 0.3) is 0 Å². The molecule has 0 saturated heterocycles. The number of hydrogen-bond donors (Lipinski definition) is 1. The van der Waals surface area contributed by atoms with Crippen molar-refractivity contribution in [1.82, 2.24) is 4.90 Å². The van der Waals surface area contributed by atoms with E-state index >= 15 is 0 Å². The van der Waals surface area contributed by atoms with E-state index < -0.39 is 0 Å². The Kier molecular flexibility index (Phi) is 4.39. The zero-order valence-electron chi connectivity index (χ0n) is 9.65. The molecule has 17 heavy (non-hydrogen) atoms. The molecule has 0 aliphatic rings. The zero-order valence-corrected chi connectivity index (χ0v) is 12.1. The van der Waals surface area contributed by atoms with Crippen LogP contribution in [0.5, 0.6) is 0 Å². The molecule has 0 saturated carbocycles. The second-order valence-electron chi connectivity index (χ2n) is 4.00. The second kappa shape index (κ2) is 5.82. The molecular formula is C12H15BrN2OS. The highest BCUT2D eigenvalue weighted by Gasteiger charge is 2.06. The van der Waals surface area contributed by atoms with Gasteiger partial charge in [0.1, 0.15) is 11.5 Å². The molecule has 0 atom stereocenters. The Morgan fingerprint density at radius 2 is 2.12 bits per heavy atom. The molecule has 3 nitrogen and oxygen atoms in total. The van der Waals surface area contributed by atoms with Gasteiger partial charge >= 0.3 is 0 Å². The number of halogens is 1. The van der Waals surface area contributed by atoms with Crippen LogP contribution in [0.4, 0.5) is 0 Å². The fourth-order valence-corrected chi connectivity index (χ4v) is 2.88. The van der Waals surface area contributed by atoms with Crippen LogP contribution < -0.4 is 5.73 Å². The maximum Gasteiger partial charge on any atom is 0.118 e. The van der Waals surface area contributed by atoms with E-state index in [4.69, 9.17) is 10.2 Å². The fourth-order valence-electron chi connectivity index (χ4n) is 1.68. The first-order valence-electron chi connectivity index (χ1n) is 5.36. The molecule has 0 radical (unpaired) electrons. The Balaban J connectivity index is 1.90. The van der Waals surface area contributed by atoms with Gasteiger partial charge in [-0.3, -0.25) is 4.90 Å². The summed E-state index contributed by atoms with van der Waals surface area (Å²) >= 11 is 5.18. The first kappa shape index (κ1) is 12.8. The summed E-state index contributed by atoms with van der Waals surface area (Å²) < 4.78 is 6.74. The monoisotopic (exact) mass is 314 g/mol. The molecule has 0 aliphatic heterocycles. The van der Waals surface area contributed by atoms with Crippen molar-refractivity contribution >= 4 is 27.3 Å². The lowest BCUT2D eigenvalue weighted by Crippen LogP contribution is -2.16. The van der Waals surface area contributed by atoms with Crippen LogP contribution in [0.3, 0.4) is 0 Å². The fraction of sp³-hybridized carbons (Fsp3) is 0.333. The Morgan fingerprint density at radius 3 is 2.71 bits per heavy atom. The molecule has 0 unspecified atom stereocenters. The number of nitrogens with zero attached hydrogens (tertiary/aromatic N) is 1. The van der Waals surface area contributed by atoms with Crippen molar-refractivity contribution in [3.05, 3.63) is 44.4 Å². The topological polar surface area (TPSA) is 42.4 Å². The summed E-state index contributed by atoms with van der Waals surface area (Å²) in [5.74, 6) is 1.80. The Bertz CT molecular complexity index is 480. The standard InChI is InChI=1S/C12H15BrN2OS/c1-15(6-9-4-12(13)17-8-9)7-11-3-2-10(5-14)16-11/h2-4,8H,5-7,14H2,1H3. The van der Waals surface area contributed by atoms with Gasteiger partial charge < -0.3 is 10.2 Å². The van der Waals surface area contributed by atoms with Crippen molar-refractivity contribution in [3.63, 3.8) is 0 Å². The normalized spacial score (nSPS) is 11.3. The minimum atomic E-state index is 0.460. The highest BCUT2D eigenvalue weighted by atomic mass is 79.9. The third-order valence-corrected chi connectivity index (χ3v) is 3.97. The van der Waals surface area contributed by atoms with Crippen LogP contribution in [0.25, 0.3) is 0 Å². The van der Waals surface area contributed by atoms with Crippen molar-refractivity contribution in [1.29, 1.82) is 0 Å². The van der Waals surface area contributed by atoms with Crippen LogP contribution >= 0.6 is 27.3 Å². The van der Waals surface area contributed by atoms with Gasteiger partial charge in [-0.25, -0.2) is 0 Å². The summed E-state index contributed by atoms with van der Waals surface area (Å²) in [7, 11) is 2.08. The molecule has 0 bridgehead atoms. The lowest BCUT2D eigenvalue weighted by atomic mass is 10.3. The maximum absolute atomic E-state index is 5.57. The van der Waals surface area contributed by atoms with Gasteiger partial charge in [-0.1, -0.05) is 0 Å². The van der Waals surface area contributed by atoms with Gasteiger partial charge in [-0.15, -0.1) is 11.3 Å². The lowest BCUT2D eigenvalue weighted by molar-refractivity contribution is 0.284. The molecule has 2 aromatic heterocycles. The highest BCUT2D eigenvalue weighted by molar-refractivity contribution is 9.11. The van der Waals surface area contributed by atoms with Crippen molar-refractivity contribution in [3.8, 4) is 0 Å².